The topological polar surface area (TPSA) is 103 Å². The fourth-order valence-electron chi connectivity index (χ4n) is 3.74. The van der Waals surface area contributed by atoms with E-state index < -0.39 is 6.03 Å². The summed E-state index contributed by atoms with van der Waals surface area (Å²) in [5.74, 6) is 2.20. The molecule has 0 unspecified atom stereocenters. The van der Waals surface area contributed by atoms with E-state index >= 15 is 0 Å². The number of urea groups is 1. The Hall–Kier alpha value is -4.18. The van der Waals surface area contributed by atoms with Crippen LogP contribution in [0.15, 0.2) is 65.3 Å². The standard InChI is InChI=1S/C26H29N3O7/c1-32-13-11-28(26(31)27-21-7-3-4-8-22(21)33-2)17-25(30)29(16-20-6-5-12-34-20)15-19-9-10-23-24(14-19)36-18-35-23/h3-10,12,14H,11,13,15-18H2,1-2H3,(H,27,31). The molecule has 0 atom stereocenters. The molecular weight excluding hydrogens is 466 g/mol. The molecule has 2 heterocycles. The van der Waals surface area contributed by atoms with Crippen LogP contribution in [0.2, 0.25) is 0 Å². The van der Waals surface area contributed by atoms with Gasteiger partial charge in [-0.05, 0) is 42.0 Å². The van der Waals surface area contributed by atoms with Gasteiger partial charge in [-0.3, -0.25) is 4.79 Å². The van der Waals surface area contributed by atoms with E-state index in [1.807, 2.05) is 24.3 Å². The molecule has 10 nitrogen and oxygen atoms in total. The Morgan fingerprint density at radius 1 is 0.972 bits per heavy atom. The molecule has 3 amide bonds. The summed E-state index contributed by atoms with van der Waals surface area (Å²) in [6, 6.07) is 15.8. The number of hydrogen-bond donors (Lipinski definition) is 1. The maximum atomic E-state index is 13.5. The number of ether oxygens (including phenoxy) is 4. The molecule has 2 aromatic carbocycles. The Bertz CT molecular complexity index is 1170. The highest BCUT2D eigenvalue weighted by Gasteiger charge is 2.24. The van der Waals surface area contributed by atoms with E-state index in [1.165, 1.54) is 12.0 Å². The number of carbonyl (C=O) groups excluding carboxylic acids is 2. The fraction of sp³-hybridized carbons (Fsp3) is 0.308. The molecule has 0 saturated carbocycles. The minimum absolute atomic E-state index is 0.157. The molecule has 1 aromatic heterocycles. The second-order valence-corrected chi connectivity index (χ2v) is 8.06. The van der Waals surface area contributed by atoms with Crippen molar-refractivity contribution in [1.29, 1.82) is 0 Å². The highest BCUT2D eigenvalue weighted by molar-refractivity contribution is 5.93. The summed E-state index contributed by atoms with van der Waals surface area (Å²) in [6.45, 7) is 1.04. The van der Waals surface area contributed by atoms with Gasteiger partial charge < -0.3 is 38.5 Å². The van der Waals surface area contributed by atoms with Gasteiger partial charge in [0, 0.05) is 20.2 Å². The third kappa shape index (κ3) is 6.28. The molecule has 4 rings (SSSR count). The van der Waals surface area contributed by atoms with Crippen molar-refractivity contribution in [3.63, 3.8) is 0 Å². The average Bonchev–Trinajstić information content (AvgIpc) is 3.58. The van der Waals surface area contributed by atoms with Gasteiger partial charge in [-0.1, -0.05) is 18.2 Å². The summed E-state index contributed by atoms with van der Waals surface area (Å²) >= 11 is 0. The number of hydrogen-bond acceptors (Lipinski definition) is 7. The van der Waals surface area contributed by atoms with Crippen LogP contribution < -0.4 is 19.5 Å². The van der Waals surface area contributed by atoms with E-state index in [0.717, 1.165) is 5.56 Å². The molecule has 0 fully saturated rings. The van der Waals surface area contributed by atoms with Crippen LogP contribution in [0.1, 0.15) is 11.3 Å². The lowest BCUT2D eigenvalue weighted by molar-refractivity contribution is -0.133. The molecule has 1 N–H and O–H groups in total. The van der Waals surface area contributed by atoms with Crippen LogP contribution in [0.4, 0.5) is 10.5 Å². The highest BCUT2D eigenvalue weighted by atomic mass is 16.7. The molecule has 0 spiro atoms. The van der Waals surface area contributed by atoms with E-state index in [1.54, 1.807) is 48.6 Å². The molecule has 3 aromatic rings. The van der Waals surface area contributed by atoms with Crippen LogP contribution >= 0.6 is 0 Å². The van der Waals surface area contributed by atoms with Crippen molar-refractivity contribution in [2.75, 3.05) is 46.0 Å². The Balaban J connectivity index is 1.50. The number of anilines is 1. The van der Waals surface area contributed by atoms with E-state index in [4.69, 9.17) is 23.4 Å². The maximum Gasteiger partial charge on any atom is 0.322 e. The quantitative estimate of drug-likeness (QED) is 0.432. The fourth-order valence-corrected chi connectivity index (χ4v) is 3.74. The van der Waals surface area contributed by atoms with Gasteiger partial charge in [0.2, 0.25) is 12.7 Å². The first-order chi connectivity index (χ1) is 17.6. The number of rotatable bonds is 11. The first-order valence-electron chi connectivity index (χ1n) is 11.4. The highest BCUT2D eigenvalue weighted by Crippen LogP contribution is 2.33. The molecule has 0 bridgehead atoms. The van der Waals surface area contributed by atoms with Gasteiger partial charge in [0.1, 0.15) is 18.1 Å². The van der Waals surface area contributed by atoms with Crippen molar-refractivity contribution >= 4 is 17.6 Å². The molecule has 10 heteroatoms. The predicted octanol–water partition coefficient (Wildman–Crippen LogP) is 3.73. The van der Waals surface area contributed by atoms with Crippen LogP contribution in [0.25, 0.3) is 0 Å². The lowest BCUT2D eigenvalue weighted by atomic mass is 10.2. The van der Waals surface area contributed by atoms with Gasteiger partial charge in [0.05, 0.1) is 32.2 Å². The largest absolute Gasteiger partial charge is 0.495 e. The number of carbonyl (C=O) groups is 2. The molecule has 0 saturated heterocycles. The van der Waals surface area contributed by atoms with E-state index in [0.29, 0.717) is 35.2 Å². The molecule has 36 heavy (non-hydrogen) atoms. The van der Waals surface area contributed by atoms with Crippen molar-refractivity contribution < 1.29 is 33.0 Å². The Labute approximate surface area is 209 Å². The molecular formula is C26H29N3O7. The van der Waals surface area contributed by atoms with Gasteiger partial charge in [0.25, 0.3) is 0 Å². The van der Waals surface area contributed by atoms with E-state index in [-0.39, 0.29) is 38.9 Å². The second-order valence-electron chi connectivity index (χ2n) is 8.06. The minimum Gasteiger partial charge on any atom is -0.495 e. The number of benzene rings is 2. The van der Waals surface area contributed by atoms with Gasteiger partial charge >= 0.3 is 6.03 Å². The molecule has 0 radical (unpaired) electrons. The van der Waals surface area contributed by atoms with Gasteiger partial charge in [0.15, 0.2) is 11.5 Å². The monoisotopic (exact) mass is 495 g/mol. The maximum absolute atomic E-state index is 13.5. The van der Waals surface area contributed by atoms with Crippen LogP contribution in [0.5, 0.6) is 17.2 Å². The lowest BCUT2D eigenvalue weighted by Crippen LogP contribution is -2.45. The van der Waals surface area contributed by atoms with E-state index in [2.05, 4.69) is 5.32 Å². The Kier molecular flexibility index (Phi) is 8.30. The summed E-state index contributed by atoms with van der Waals surface area (Å²) in [4.78, 5) is 29.7. The number of para-hydroxylation sites is 2. The zero-order valence-electron chi connectivity index (χ0n) is 20.3. The normalized spacial score (nSPS) is 11.7. The van der Waals surface area contributed by atoms with Crippen molar-refractivity contribution in [2.24, 2.45) is 0 Å². The first-order valence-corrected chi connectivity index (χ1v) is 11.4. The number of fused-ring (bicyclic) bond motifs is 1. The summed E-state index contributed by atoms with van der Waals surface area (Å²) < 4.78 is 26.8. The summed E-state index contributed by atoms with van der Waals surface area (Å²) in [7, 11) is 3.07. The zero-order chi connectivity index (χ0) is 25.3. The van der Waals surface area contributed by atoms with Crippen LogP contribution in [-0.2, 0) is 22.6 Å². The molecule has 1 aliphatic heterocycles. The van der Waals surface area contributed by atoms with Crippen LogP contribution in [0.3, 0.4) is 0 Å². The van der Waals surface area contributed by atoms with Gasteiger partial charge in [-0.25, -0.2) is 4.79 Å². The lowest BCUT2D eigenvalue weighted by Gasteiger charge is -2.27. The SMILES string of the molecule is COCCN(CC(=O)N(Cc1ccc2c(c1)OCO2)Cc1ccco1)C(=O)Nc1ccccc1OC. The summed E-state index contributed by atoms with van der Waals surface area (Å²) in [5, 5.41) is 2.83. The van der Waals surface area contributed by atoms with Crippen molar-refractivity contribution in [3.05, 3.63) is 72.2 Å². The Morgan fingerprint density at radius 2 is 1.81 bits per heavy atom. The van der Waals surface area contributed by atoms with Gasteiger partial charge in [-0.15, -0.1) is 0 Å². The predicted molar refractivity (Wildman–Crippen MR) is 131 cm³/mol. The number of nitrogens with one attached hydrogen (secondary N) is 1. The third-order valence-corrected chi connectivity index (χ3v) is 5.62. The van der Waals surface area contributed by atoms with Crippen molar-refractivity contribution in [2.45, 2.75) is 13.1 Å². The van der Waals surface area contributed by atoms with Crippen molar-refractivity contribution in [3.8, 4) is 17.2 Å². The number of furan rings is 1. The Morgan fingerprint density at radius 3 is 2.58 bits per heavy atom. The average molecular weight is 496 g/mol. The number of methoxy groups -OCH3 is 2. The molecule has 0 aliphatic carbocycles. The number of nitrogens with zero attached hydrogens (tertiary/aromatic N) is 2. The minimum atomic E-state index is -0.439. The van der Waals surface area contributed by atoms with E-state index in [9.17, 15) is 9.59 Å². The smallest absolute Gasteiger partial charge is 0.322 e. The molecule has 190 valence electrons. The third-order valence-electron chi connectivity index (χ3n) is 5.62. The van der Waals surface area contributed by atoms with Crippen LogP contribution in [0, 0.1) is 0 Å². The second kappa shape index (κ2) is 12.0. The molecule has 1 aliphatic rings. The van der Waals surface area contributed by atoms with Crippen LogP contribution in [-0.4, -0.2) is 62.4 Å². The zero-order valence-corrected chi connectivity index (χ0v) is 20.3. The number of amides is 3. The van der Waals surface area contributed by atoms with Crippen molar-refractivity contribution in [1.82, 2.24) is 9.80 Å². The van der Waals surface area contributed by atoms with Gasteiger partial charge in [-0.2, -0.15) is 0 Å². The summed E-state index contributed by atoms with van der Waals surface area (Å²) in [6.07, 6.45) is 1.56. The first kappa shape index (κ1) is 24.9. The summed E-state index contributed by atoms with van der Waals surface area (Å²) in [5.41, 5.74) is 1.37.